The summed E-state index contributed by atoms with van der Waals surface area (Å²) in [5.41, 5.74) is 4.69. The van der Waals surface area contributed by atoms with Crippen LogP contribution in [0.25, 0.3) is 10.8 Å². The minimum atomic E-state index is -0.542. The van der Waals surface area contributed by atoms with Gasteiger partial charge in [-0.25, -0.2) is 0 Å². The van der Waals surface area contributed by atoms with Crippen molar-refractivity contribution in [2.75, 3.05) is 11.9 Å². The van der Waals surface area contributed by atoms with E-state index in [0.29, 0.717) is 18.9 Å². The quantitative estimate of drug-likeness (QED) is 0.600. The van der Waals surface area contributed by atoms with Gasteiger partial charge in [0.25, 0.3) is 0 Å². The number of para-hydroxylation sites is 1. The fraction of sp³-hybridized carbons (Fsp3) is 0.357. The zero-order chi connectivity index (χ0) is 22.9. The van der Waals surface area contributed by atoms with Crippen LogP contribution in [0.5, 0.6) is 0 Å². The fourth-order valence-corrected chi connectivity index (χ4v) is 4.90. The van der Waals surface area contributed by atoms with E-state index in [2.05, 4.69) is 53.1 Å². The first-order valence-electron chi connectivity index (χ1n) is 11.9. The molecule has 1 aliphatic carbocycles. The van der Waals surface area contributed by atoms with Crippen LogP contribution in [0.2, 0.25) is 0 Å². The molecule has 5 rings (SSSR count). The Labute approximate surface area is 195 Å². The third-order valence-electron chi connectivity index (χ3n) is 7.10. The molecular formula is C28H31N3O2. The third-order valence-corrected chi connectivity index (χ3v) is 7.10. The van der Waals surface area contributed by atoms with E-state index in [1.807, 2.05) is 23.1 Å². The molecule has 0 aromatic heterocycles. The summed E-state index contributed by atoms with van der Waals surface area (Å²) in [7, 11) is 1.75. The molecule has 1 heterocycles. The molecule has 1 saturated carbocycles. The molecule has 0 bridgehead atoms. The second-order valence-corrected chi connectivity index (χ2v) is 9.29. The molecule has 1 aliphatic heterocycles. The van der Waals surface area contributed by atoms with Crippen LogP contribution in [0.15, 0.2) is 60.7 Å². The van der Waals surface area contributed by atoms with Crippen molar-refractivity contribution in [1.29, 1.82) is 0 Å². The first-order valence-corrected chi connectivity index (χ1v) is 11.9. The van der Waals surface area contributed by atoms with E-state index in [9.17, 15) is 9.59 Å². The molecule has 1 fully saturated rings. The summed E-state index contributed by atoms with van der Waals surface area (Å²) in [6.45, 7) is 2.32. The molecule has 2 atom stereocenters. The lowest BCUT2D eigenvalue weighted by molar-refractivity contribution is -0.128. The number of rotatable bonds is 6. The van der Waals surface area contributed by atoms with Gasteiger partial charge in [0, 0.05) is 5.69 Å². The number of hydrogen-bond acceptors (Lipinski definition) is 3. The molecule has 5 nitrogen and oxygen atoms in total. The van der Waals surface area contributed by atoms with E-state index >= 15 is 0 Å². The largest absolute Gasteiger partial charge is 0.343 e. The Morgan fingerprint density at radius 1 is 1.03 bits per heavy atom. The Morgan fingerprint density at radius 3 is 2.58 bits per heavy atom. The lowest BCUT2D eigenvalue weighted by Crippen LogP contribution is -2.52. The van der Waals surface area contributed by atoms with Gasteiger partial charge >= 0.3 is 0 Å². The maximum Gasteiger partial charge on any atom is 0.249 e. The van der Waals surface area contributed by atoms with Gasteiger partial charge in [-0.3, -0.25) is 9.59 Å². The molecule has 33 heavy (non-hydrogen) atoms. The Morgan fingerprint density at radius 2 is 1.79 bits per heavy atom. The van der Waals surface area contributed by atoms with E-state index in [-0.39, 0.29) is 17.9 Å². The zero-order valence-corrected chi connectivity index (χ0v) is 19.3. The number of likely N-dealkylation sites (N-methyl/N-ethyl adjacent to an activating group) is 1. The summed E-state index contributed by atoms with van der Waals surface area (Å²) < 4.78 is 0. The number of anilines is 1. The van der Waals surface area contributed by atoms with Crippen LogP contribution in [0.1, 0.15) is 48.8 Å². The topological polar surface area (TPSA) is 61.4 Å². The van der Waals surface area contributed by atoms with Crippen LogP contribution in [0, 0.1) is 0 Å². The maximum absolute atomic E-state index is 13.9. The van der Waals surface area contributed by atoms with Gasteiger partial charge in [-0.15, -0.1) is 0 Å². The lowest BCUT2D eigenvalue weighted by atomic mass is 9.95. The molecule has 0 saturated heterocycles. The minimum absolute atomic E-state index is 0.0358. The average molecular weight is 442 g/mol. The van der Waals surface area contributed by atoms with Gasteiger partial charge in [0.1, 0.15) is 6.04 Å². The number of carbonyl (C=O) groups excluding carboxylic acids is 2. The van der Waals surface area contributed by atoms with Crippen LogP contribution in [0.3, 0.4) is 0 Å². The summed E-state index contributed by atoms with van der Waals surface area (Å²) in [4.78, 5) is 28.4. The third kappa shape index (κ3) is 4.25. The Balaban J connectivity index is 1.56. The van der Waals surface area contributed by atoms with Crippen molar-refractivity contribution < 1.29 is 9.59 Å². The molecule has 0 spiro atoms. The first-order chi connectivity index (χ1) is 16.1. The normalized spacial score (nSPS) is 19.2. The molecule has 3 aromatic carbocycles. The van der Waals surface area contributed by atoms with Gasteiger partial charge in [-0.1, -0.05) is 54.6 Å². The fourth-order valence-electron chi connectivity index (χ4n) is 4.90. The smallest absolute Gasteiger partial charge is 0.249 e. The highest BCUT2D eigenvalue weighted by Gasteiger charge is 2.34. The summed E-state index contributed by atoms with van der Waals surface area (Å²) in [6.07, 6.45) is 3.76. The SMILES string of the molecule is CNC(C)C(=O)NC1CCc2ccccc2N(Cc2c(C3CC3)ccc3ccccc23)C1=O. The summed E-state index contributed by atoms with van der Waals surface area (Å²) in [5, 5.41) is 8.37. The predicted molar refractivity (Wildman–Crippen MR) is 132 cm³/mol. The maximum atomic E-state index is 13.9. The van der Waals surface area contributed by atoms with Gasteiger partial charge in [0.2, 0.25) is 11.8 Å². The van der Waals surface area contributed by atoms with E-state index in [1.165, 1.54) is 34.7 Å². The lowest BCUT2D eigenvalue weighted by Gasteiger charge is -2.28. The molecule has 0 radical (unpaired) electrons. The van der Waals surface area contributed by atoms with Crippen molar-refractivity contribution in [1.82, 2.24) is 10.6 Å². The van der Waals surface area contributed by atoms with Gasteiger partial charge in [0.15, 0.2) is 0 Å². The van der Waals surface area contributed by atoms with Gasteiger partial charge in [0.05, 0.1) is 12.6 Å². The van der Waals surface area contributed by atoms with Gasteiger partial charge in [-0.05, 0) is 79.1 Å². The van der Waals surface area contributed by atoms with E-state index in [1.54, 1.807) is 14.0 Å². The first kappa shape index (κ1) is 21.7. The van der Waals surface area contributed by atoms with Gasteiger partial charge < -0.3 is 15.5 Å². The van der Waals surface area contributed by atoms with Crippen molar-refractivity contribution in [2.45, 2.75) is 57.2 Å². The van der Waals surface area contributed by atoms with Crippen molar-refractivity contribution in [3.05, 3.63) is 77.4 Å². The number of benzene rings is 3. The predicted octanol–water partition coefficient (Wildman–Crippen LogP) is 4.29. The molecule has 5 heteroatoms. The molecule has 2 aliphatic rings. The highest BCUT2D eigenvalue weighted by atomic mass is 16.2. The number of carbonyl (C=O) groups is 2. The van der Waals surface area contributed by atoms with E-state index < -0.39 is 6.04 Å². The second kappa shape index (κ2) is 8.99. The van der Waals surface area contributed by atoms with Crippen molar-refractivity contribution >= 4 is 28.3 Å². The summed E-state index contributed by atoms with van der Waals surface area (Å²) >= 11 is 0. The number of amides is 2. The van der Waals surface area contributed by atoms with Crippen molar-refractivity contribution in [2.24, 2.45) is 0 Å². The molecule has 2 N–H and O–H groups in total. The number of nitrogens with one attached hydrogen (secondary N) is 2. The summed E-state index contributed by atoms with van der Waals surface area (Å²) in [5.74, 6) is 0.394. The number of fused-ring (bicyclic) bond motifs is 2. The highest BCUT2D eigenvalue weighted by molar-refractivity contribution is 6.01. The Hall–Kier alpha value is -3.18. The zero-order valence-electron chi connectivity index (χ0n) is 19.3. The second-order valence-electron chi connectivity index (χ2n) is 9.29. The van der Waals surface area contributed by atoms with Crippen molar-refractivity contribution in [3.8, 4) is 0 Å². The molecule has 3 aromatic rings. The minimum Gasteiger partial charge on any atom is -0.343 e. The van der Waals surface area contributed by atoms with Crippen LogP contribution in [0.4, 0.5) is 5.69 Å². The van der Waals surface area contributed by atoms with Crippen LogP contribution in [-0.4, -0.2) is 30.9 Å². The number of hydrogen-bond donors (Lipinski definition) is 2. The molecule has 2 unspecified atom stereocenters. The van der Waals surface area contributed by atoms with Crippen LogP contribution >= 0.6 is 0 Å². The average Bonchev–Trinajstić information content (AvgIpc) is 3.70. The number of nitrogens with zero attached hydrogens (tertiary/aromatic N) is 1. The molecule has 170 valence electrons. The molecule has 2 amide bonds. The van der Waals surface area contributed by atoms with E-state index in [4.69, 9.17) is 0 Å². The Kier molecular flexibility index (Phi) is 5.90. The molecular weight excluding hydrogens is 410 g/mol. The van der Waals surface area contributed by atoms with Crippen LogP contribution in [-0.2, 0) is 22.6 Å². The monoisotopic (exact) mass is 441 g/mol. The summed E-state index contributed by atoms with van der Waals surface area (Å²) in [6, 6.07) is 20.1. The van der Waals surface area contributed by atoms with Crippen LogP contribution < -0.4 is 15.5 Å². The standard InChI is InChI=1S/C28H31N3O2/c1-18(29-2)27(32)30-25-16-14-21-8-4-6-10-26(21)31(28(25)33)17-24-22-9-5-3-7-19(22)13-15-23(24)20-11-12-20/h3-10,13,15,18,20,25,29H,11-12,14,16-17H2,1-2H3,(H,30,32). The van der Waals surface area contributed by atoms with Gasteiger partial charge in [-0.2, -0.15) is 0 Å². The van der Waals surface area contributed by atoms with Crippen molar-refractivity contribution in [3.63, 3.8) is 0 Å². The highest BCUT2D eigenvalue weighted by Crippen LogP contribution is 2.44. The number of aryl methyl sites for hydroxylation is 1. The Bertz CT molecular complexity index is 1200. The van der Waals surface area contributed by atoms with E-state index in [0.717, 1.165) is 17.7 Å².